The zero-order valence-corrected chi connectivity index (χ0v) is 11.9. The largest absolute Gasteiger partial charge is 0.399 e. The summed E-state index contributed by atoms with van der Waals surface area (Å²) in [7, 11) is 0. The number of anilines is 3. The average Bonchev–Trinajstić information content (AvgIpc) is 2.43. The van der Waals surface area contributed by atoms with Crippen LogP contribution in [0.2, 0.25) is 0 Å². The molecule has 0 fully saturated rings. The van der Waals surface area contributed by atoms with Crippen LogP contribution in [-0.4, -0.2) is 4.98 Å². The van der Waals surface area contributed by atoms with Gasteiger partial charge in [0.2, 0.25) is 0 Å². The van der Waals surface area contributed by atoms with Crippen molar-refractivity contribution in [3.8, 4) is 0 Å². The minimum absolute atomic E-state index is 0.227. The first-order valence-corrected chi connectivity index (χ1v) is 6.73. The molecule has 3 nitrogen and oxygen atoms in total. The molecule has 0 saturated carbocycles. The van der Waals surface area contributed by atoms with E-state index >= 15 is 0 Å². The highest BCUT2D eigenvalue weighted by Crippen LogP contribution is 2.28. The summed E-state index contributed by atoms with van der Waals surface area (Å²) in [6.07, 6.45) is 0. The van der Waals surface area contributed by atoms with Gasteiger partial charge in [-0.2, -0.15) is 0 Å². The van der Waals surface area contributed by atoms with E-state index in [1.807, 2.05) is 37.3 Å². The van der Waals surface area contributed by atoms with E-state index in [4.69, 9.17) is 5.73 Å². The number of nitrogens with one attached hydrogen (secondary N) is 1. The number of pyridine rings is 1. The Morgan fingerprint density at radius 2 is 1.86 bits per heavy atom. The first-order chi connectivity index (χ1) is 10.0. The van der Waals surface area contributed by atoms with Gasteiger partial charge < -0.3 is 11.1 Å². The maximum Gasteiger partial charge on any atom is 0.128 e. The van der Waals surface area contributed by atoms with Crippen molar-refractivity contribution in [3.05, 3.63) is 59.5 Å². The van der Waals surface area contributed by atoms with E-state index in [0.29, 0.717) is 16.9 Å². The van der Waals surface area contributed by atoms with Crippen LogP contribution in [0.25, 0.3) is 10.9 Å². The molecule has 0 radical (unpaired) electrons. The van der Waals surface area contributed by atoms with E-state index in [-0.39, 0.29) is 5.82 Å². The fourth-order valence-corrected chi connectivity index (χ4v) is 2.31. The third-order valence-electron chi connectivity index (χ3n) is 3.41. The van der Waals surface area contributed by atoms with Crippen LogP contribution in [0.15, 0.2) is 42.5 Å². The highest BCUT2D eigenvalue weighted by molar-refractivity contribution is 5.95. The van der Waals surface area contributed by atoms with Gasteiger partial charge in [-0.05, 0) is 55.8 Å². The molecule has 3 aromatic rings. The summed E-state index contributed by atoms with van der Waals surface area (Å²) >= 11 is 0. The van der Waals surface area contributed by atoms with E-state index < -0.39 is 0 Å². The zero-order chi connectivity index (χ0) is 15.0. The van der Waals surface area contributed by atoms with E-state index in [9.17, 15) is 4.39 Å². The fourth-order valence-electron chi connectivity index (χ4n) is 2.31. The number of rotatable bonds is 2. The standard InChI is InChI=1S/C17H16FN3/c1-10-3-5-13(9-15(10)18)21-17-7-11(2)20-16-6-4-12(19)8-14(16)17/h3-9H,19H2,1-2H3,(H,20,21). The summed E-state index contributed by atoms with van der Waals surface area (Å²) in [5.74, 6) is -0.227. The van der Waals surface area contributed by atoms with Crippen LogP contribution in [0.4, 0.5) is 21.5 Å². The smallest absolute Gasteiger partial charge is 0.128 e. The molecule has 3 N–H and O–H groups in total. The van der Waals surface area contributed by atoms with Crippen LogP contribution in [0.5, 0.6) is 0 Å². The number of halogens is 1. The van der Waals surface area contributed by atoms with Crippen LogP contribution in [0.1, 0.15) is 11.3 Å². The van der Waals surface area contributed by atoms with Crippen molar-refractivity contribution in [3.63, 3.8) is 0 Å². The second-order valence-corrected chi connectivity index (χ2v) is 5.18. The van der Waals surface area contributed by atoms with E-state index in [1.165, 1.54) is 6.07 Å². The molecular formula is C17H16FN3. The predicted octanol–water partition coefficient (Wildman–Crippen LogP) is 4.32. The number of hydrogen-bond acceptors (Lipinski definition) is 3. The van der Waals surface area contributed by atoms with Gasteiger partial charge >= 0.3 is 0 Å². The van der Waals surface area contributed by atoms with Gasteiger partial charge in [0, 0.05) is 28.1 Å². The average molecular weight is 281 g/mol. The van der Waals surface area contributed by atoms with Gasteiger partial charge in [0.1, 0.15) is 5.82 Å². The second-order valence-electron chi connectivity index (χ2n) is 5.18. The lowest BCUT2D eigenvalue weighted by Gasteiger charge is -2.12. The molecule has 106 valence electrons. The minimum atomic E-state index is -0.227. The molecular weight excluding hydrogens is 265 g/mol. The lowest BCUT2D eigenvalue weighted by Crippen LogP contribution is -1.96. The molecule has 1 heterocycles. The van der Waals surface area contributed by atoms with Crippen molar-refractivity contribution in [2.75, 3.05) is 11.1 Å². The molecule has 1 aromatic heterocycles. The summed E-state index contributed by atoms with van der Waals surface area (Å²) in [5.41, 5.74) is 10.5. The maximum absolute atomic E-state index is 13.7. The Morgan fingerprint density at radius 1 is 1.05 bits per heavy atom. The highest BCUT2D eigenvalue weighted by atomic mass is 19.1. The number of nitrogen functional groups attached to an aromatic ring is 1. The normalized spacial score (nSPS) is 10.8. The number of hydrogen-bond donors (Lipinski definition) is 2. The summed E-state index contributed by atoms with van der Waals surface area (Å²) in [6.45, 7) is 3.67. The van der Waals surface area contributed by atoms with Crippen LogP contribution in [-0.2, 0) is 0 Å². The summed E-state index contributed by atoms with van der Waals surface area (Å²) < 4.78 is 13.7. The predicted molar refractivity (Wildman–Crippen MR) is 85.3 cm³/mol. The van der Waals surface area contributed by atoms with Crippen molar-refractivity contribution >= 4 is 28.0 Å². The second kappa shape index (κ2) is 5.05. The Balaban J connectivity index is 2.10. The van der Waals surface area contributed by atoms with E-state index in [0.717, 1.165) is 22.3 Å². The van der Waals surface area contributed by atoms with Gasteiger partial charge in [-0.3, -0.25) is 4.98 Å². The van der Waals surface area contributed by atoms with Crippen LogP contribution in [0.3, 0.4) is 0 Å². The van der Waals surface area contributed by atoms with Gasteiger partial charge in [-0.25, -0.2) is 4.39 Å². The Hall–Kier alpha value is -2.62. The Bertz CT molecular complexity index is 828. The first-order valence-electron chi connectivity index (χ1n) is 6.73. The SMILES string of the molecule is Cc1cc(Nc2ccc(C)c(F)c2)c2cc(N)ccc2n1. The van der Waals surface area contributed by atoms with Crippen LogP contribution in [0, 0.1) is 19.7 Å². The molecule has 4 heteroatoms. The topological polar surface area (TPSA) is 50.9 Å². The van der Waals surface area contributed by atoms with Crippen LogP contribution < -0.4 is 11.1 Å². The first kappa shape index (κ1) is 13.4. The van der Waals surface area contributed by atoms with E-state index in [2.05, 4.69) is 10.3 Å². The Morgan fingerprint density at radius 3 is 2.62 bits per heavy atom. The summed E-state index contributed by atoms with van der Waals surface area (Å²) in [4.78, 5) is 4.48. The number of nitrogens with two attached hydrogens (primary N) is 1. The molecule has 2 aromatic carbocycles. The van der Waals surface area contributed by atoms with Gasteiger partial charge in [0.25, 0.3) is 0 Å². The van der Waals surface area contributed by atoms with Crippen molar-refractivity contribution in [2.24, 2.45) is 0 Å². The lowest BCUT2D eigenvalue weighted by atomic mass is 10.1. The number of nitrogens with zero attached hydrogens (tertiary/aromatic N) is 1. The molecule has 0 aliphatic heterocycles. The lowest BCUT2D eigenvalue weighted by molar-refractivity contribution is 0.619. The third kappa shape index (κ3) is 2.65. The number of aryl methyl sites for hydroxylation is 2. The maximum atomic E-state index is 13.7. The highest BCUT2D eigenvalue weighted by Gasteiger charge is 2.06. The monoisotopic (exact) mass is 281 g/mol. The van der Waals surface area contributed by atoms with Crippen LogP contribution >= 0.6 is 0 Å². The molecule has 0 atom stereocenters. The molecule has 0 spiro atoms. The summed E-state index contributed by atoms with van der Waals surface area (Å²) in [6, 6.07) is 12.6. The molecule has 0 saturated heterocycles. The molecule has 0 amide bonds. The molecule has 21 heavy (non-hydrogen) atoms. The summed E-state index contributed by atoms with van der Waals surface area (Å²) in [5, 5.41) is 4.17. The Kier molecular flexibility index (Phi) is 3.22. The number of aromatic nitrogens is 1. The molecule has 0 aliphatic rings. The fraction of sp³-hybridized carbons (Fsp3) is 0.118. The van der Waals surface area contributed by atoms with E-state index in [1.54, 1.807) is 13.0 Å². The van der Waals surface area contributed by atoms with Crippen molar-refractivity contribution in [1.29, 1.82) is 0 Å². The van der Waals surface area contributed by atoms with Gasteiger partial charge in [-0.15, -0.1) is 0 Å². The molecule has 0 aliphatic carbocycles. The number of fused-ring (bicyclic) bond motifs is 1. The zero-order valence-electron chi connectivity index (χ0n) is 11.9. The molecule has 3 rings (SSSR count). The minimum Gasteiger partial charge on any atom is -0.399 e. The van der Waals surface area contributed by atoms with Gasteiger partial charge in [-0.1, -0.05) is 6.07 Å². The quantitative estimate of drug-likeness (QED) is 0.688. The van der Waals surface area contributed by atoms with Gasteiger partial charge in [0.15, 0.2) is 0 Å². The Labute approximate surface area is 122 Å². The molecule has 0 unspecified atom stereocenters. The van der Waals surface area contributed by atoms with Crippen molar-refractivity contribution < 1.29 is 4.39 Å². The van der Waals surface area contributed by atoms with Crippen molar-refractivity contribution in [2.45, 2.75) is 13.8 Å². The number of benzene rings is 2. The van der Waals surface area contributed by atoms with Gasteiger partial charge in [0.05, 0.1) is 5.52 Å². The molecule has 0 bridgehead atoms. The third-order valence-corrected chi connectivity index (χ3v) is 3.41. The van der Waals surface area contributed by atoms with Crippen molar-refractivity contribution in [1.82, 2.24) is 4.98 Å².